The lowest BCUT2D eigenvalue weighted by molar-refractivity contribution is -0.682. The average Bonchev–Trinajstić information content (AvgIpc) is 2.66. The first-order valence-corrected chi connectivity index (χ1v) is 9.06. The van der Waals surface area contributed by atoms with Crippen LogP contribution in [0, 0.1) is 5.82 Å². The summed E-state index contributed by atoms with van der Waals surface area (Å²) >= 11 is 11.8. The second-order valence-electron chi connectivity index (χ2n) is 5.98. The van der Waals surface area contributed by atoms with Crippen LogP contribution in [0.4, 0.5) is 4.39 Å². The SMILES string of the molecule is COc1ccc(CNC(=O)C[NH2+][C@H](C)c2cc(F)c(Cl)cc2Cl)cc1OC. The van der Waals surface area contributed by atoms with E-state index < -0.39 is 5.82 Å². The molecule has 27 heavy (non-hydrogen) atoms. The fourth-order valence-electron chi connectivity index (χ4n) is 2.56. The number of hydrogen-bond acceptors (Lipinski definition) is 3. The summed E-state index contributed by atoms with van der Waals surface area (Å²) in [5, 5.41) is 4.96. The zero-order chi connectivity index (χ0) is 20.0. The lowest BCUT2D eigenvalue weighted by atomic mass is 10.1. The van der Waals surface area contributed by atoms with Gasteiger partial charge in [0.2, 0.25) is 0 Å². The Kier molecular flexibility index (Phi) is 7.71. The van der Waals surface area contributed by atoms with Crippen LogP contribution >= 0.6 is 23.2 Å². The van der Waals surface area contributed by atoms with Crippen LogP contribution in [0.2, 0.25) is 10.0 Å². The molecule has 2 rings (SSSR count). The molecule has 0 saturated carbocycles. The minimum Gasteiger partial charge on any atom is -0.493 e. The van der Waals surface area contributed by atoms with Crippen molar-refractivity contribution in [1.82, 2.24) is 5.32 Å². The van der Waals surface area contributed by atoms with Crippen molar-refractivity contribution in [2.24, 2.45) is 0 Å². The third-order valence-electron chi connectivity index (χ3n) is 4.12. The van der Waals surface area contributed by atoms with Crippen molar-refractivity contribution in [2.45, 2.75) is 19.5 Å². The Morgan fingerprint density at radius 2 is 1.85 bits per heavy atom. The summed E-state index contributed by atoms with van der Waals surface area (Å²) in [6.07, 6.45) is 0. The van der Waals surface area contributed by atoms with Gasteiger partial charge < -0.3 is 20.1 Å². The molecule has 146 valence electrons. The Morgan fingerprint density at radius 1 is 1.15 bits per heavy atom. The van der Waals surface area contributed by atoms with E-state index in [1.54, 1.807) is 25.6 Å². The largest absolute Gasteiger partial charge is 0.493 e. The zero-order valence-electron chi connectivity index (χ0n) is 15.3. The number of nitrogens with one attached hydrogen (secondary N) is 1. The molecule has 0 saturated heterocycles. The molecule has 0 radical (unpaired) electrons. The number of benzene rings is 2. The maximum absolute atomic E-state index is 13.6. The highest BCUT2D eigenvalue weighted by Crippen LogP contribution is 2.28. The molecule has 2 aromatic rings. The van der Waals surface area contributed by atoms with Gasteiger partial charge in [-0.1, -0.05) is 29.3 Å². The Morgan fingerprint density at radius 3 is 2.52 bits per heavy atom. The summed E-state index contributed by atoms with van der Waals surface area (Å²) < 4.78 is 24.1. The van der Waals surface area contributed by atoms with E-state index >= 15 is 0 Å². The van der Waals surface area contributed by atoms with E-state index in [-0.39, 0.29) is 23.5 Å². The molecule has 0 heterocycles. The van der Waals surface area contributed by atoms with Crippen LogP contribution in [0.3, 0.4) is 0 Å². The first-order valence-electron chi connectivity index (χ1n) is 8.31. The van der Waals surface area contributed by atoms with Crippen LogP contribution in [0.5, 0.6) is 11.5 Å². The zero-order valence-corrected chi connectivity index (χ0v) is 16.8. The smallest absolute Gasteiger partial charge is 0.275 e. The van der Waals surface area contributed by atoms with Crippen molar-refractivity contribution in [1.29, 1.82) is 0 Å². The molecule has 0 aliphatic rings. The number of carbonyl (C=O) groups is 1. The molecule has 2 aromatic carbocycles. The van der Waals surface area contributed by atoms with Crippen LogP contribution < -0.4 is 20.1 Å². The minimum atomic E-state index is -0.533. The monoisotopic (exact) mass is 415 g/mol. The summed E-state index contributed by atoms with van der Waals surface area (Å²) in [6.45, 7) is 2.38. The summed E-state index contributed by atoms with van der Waals surface area (Å²) in [4.78, 5) is 12.1. The van der Waals surface area contributed by atoms with E-state index in [0.717, 1.165) is 5.56 Å². The number of ether oxygens (including phenoxy) is 2. The lowest BCUT2D eigenvalue weighted by Crippen LogP contribution is -2.87. The van der Waals surface area contributed by atoms with E-state index in [1.807, 2.05) is 19.1 Å². The van der Waals surface area contributed by atoms with Gasteiger partial charge in [0.25, 0.3) is 5.91 Å². The van der Waals surface area contributed by atoms with Gasteiger partial charge in [-0.05, 0) is 36.8 Å². The number of nitrogens with two attached hydrogens (primary N) is 1. The van der Waals surface area contributed by atoms with Crippen LogP contribution in [0.15, 0.2) is 30.3 Å². The van der Waals surface area contributed by atoms with Crippen molar-refractivity contribution in [3.63, 3.8) is 0 Å². The maximum Gasteiger partial charge on any atom is 0.275 e. The van der Waals surface area contributed by atoms with E-state index in [0.29, 0.717) is 28.6 Å². The Balaban J connectivity index is 1.88. The first kappa shape index (κ1) is 21.3. The molecule has 0 fully saturated rings. The predicted molar refractivity (Wildman–Crippen MR) is 103 cm³/mol. The van der Waals surface area contributed by atoms with Gasteiger partial charge in [-0.3, -0.25) is 4.79 Å². The second kappa shape index (κ2) is 9.78. The summed E-state index contributed by atoms with van der Waals surface area (Å²) in [5.74, 6) is 0.544. The number of hydrogen-bond donors (Lipinski definition) is 2. The van der Waals surface area contributed by atoms with E-state index in [2.05, 4.69) is 5.32 Å². The third-order valence-corrected chi connectivity index (χ3v) is 4.74. The molecule has 5 nitrogen and oxygen atoms in total. The van der Waals surface area contributed by atoms with Crippen molar-refractivity contribution in [3.05, 3.63) is 57.3 Å². The molecule has 1 atom stereocenters. The van der Waals surface area contributed by atoms with E-state index in [4.69, 9.17) is 32.7 Å². The van der Waals surface area contributed by atoms with Gasteiger partial charge in [-0.15, -0.1) is 0 Å². The molecule has 0 aliphatic carbocycles. The normalized spacial score (nSPS) is 11.8. The van der Waals surface area contributed by atoms with Crippen molar-refractivity contribution < 1.29 is 24.0 Å². The first-order chi connectivity index (χ1) is 12.8. The summed E-state index contributed by atoms with van der Waals surface area (Å²) in [6, 6.07) is 7.91. The Labute approximate surface area is 167 Å². The van der Waals surface area contributed by atoms with Gasteiger partial charge >= 0.3 is 0 Å². The molecule has 0 aromatic heterocycles. The number of methoxy groups -OCH3 is 2. The fourth-order valence-corrected chi connectivity index (χ4v) is 3.12. The quantitative estimate of drug-likeness (QED) is 0.651. The van der Waals surface area contributed by atoms with Gasteiger partial charge in [0.05, 0.1) is 24.3 Å². The van der Waals surface area contributed by atoms with Gasteiger partial charge in [-0.25, -0.2) is 4.39 Å². The van der Waals surface area contributed by atoms with Gasteiger partial charge in [0.1, 0.15) is 11.9 Å². The predicted octanol–water partition coefficient (Wildman–Crippen LogP) is 3.09. The number of rotatable bonds is 8. The van der Waals surface area contributed by atoms with Gasteiger partial charge in [0, 0.05) is 12.1 Å². The molecular formula is C19H22Cl2FN2O3+. The molecule has 8 heteroatoms. The van der Waals surface area contributed by atoms with Crippen LogP contribution in [-0.4, -0.2) is 26.7 Å². The molecule has 0 unspecified atom stereocenters. The highest BCUT2D eigenvalue weighted by Gasteiger charge is 2.17. The fraction of sp³-hybridized carbons (Fsp3) is 0.316. The van der Waals surface area contributed by atoms with Gasteiger partial charge in [-0.2, -0.15) is 0 Å². The summed E-state index contributed by atoms with van der Waals surface area (Å²) in [7, 11) is 3.12. The van der Waals surface area contributed by atoms with Gasteiger partial charge in [0.15, 0.2) is 18.0 Å². The highest BCUT2D eigenvalue weighted by molar-refractivity contribution is 6.35. The Hall–Kier alpha value is -2.02. The molecule has 0 spiro atoms. The molecule has 0 bridgehead atoms. The second-order valence-corrected chi connectivity index (χ2v) is 6.80. The van der Waals surface area contributed by atoms with Crippen molar-refractivity contribution in [2.75, 3.05) is 20.8 Å². The highest BCUT2D eigenvalue weighted by atomic mass is 35.5. The number of amides is 1. The molecule has 1 amide bonds. The van der Waals surface area contributed by atoms with Crippen molar-refractivity contribution in [3.8, 4) is 11.5 Å². The summed E-state index contributed by atoms with van der Waals surface area (Å²) in [5.41, 5.74) is 1.48. The number of carbonyl (C=O) groups excluding carboxylic acids is 1. The van der Waals surface area contributed by atoms with Crippen LogP contribution in [0.25, 0.3) is 0 Å². The third kappa shape index (κ3) is 5.73. The lowest BCUT2D eigenvalue weighted by Gasteiger charge is -2.14. The topological polar surface area (TPSA) is 64.2 Å². The molecular weight excluding hydrogens is 394 g/mol. The molecule has 0 aliphatic heterocycles. The minimum absolute atomic E-state index is 0.0244. The Bertz CT molecular complexity index is 818. The van der Waals surface area contributed by atoms with Crippen LogP contribution in [-0.2, 0) is 11.3 Å². The van der Waals surface area contributed by atoms with E-state index in [1.165, 1.54) is 12.1 Å². The molecule has 3 N–H and O–H groups in total. The van der Waals surface area contributed by atoms with Crippen LogP contribution in [0.1, 0.15) is 24.1 Å². The van der Waals surface area contributed by atoms with E-state index in [9.17, 15) is 9.18 Å². The maximum atomic E-state index is 13.6. The number of halogens is 3. The average molecular weight is 416 g/mol. The standard InChI is InChI=1S/C19H21Cl2FN2O3/c1-11(13-7-16(22)15(21)8-14(13)20)23-10-19(25)24-9-12-4-5-17(26-2)18(6-12)27-3/h4-8,11,23H,9-10H2,1-3H3,(H,24,25)/p+1/t11-/m1/s1. The number of quaternary nitrogens is 1. The van der Waals surface area contributed by atoms with Crippen molar-refractivity contribution >= 4 is 29.1 Å².